The van der Waals surface area contributed by atoms with Crippen LogP contribution in [0.3, 0.4) is 0 Å². The molecular weight excluding hydrogens is 431 g/mol. The van der Waals surface area contributed by atoms with Crippen LogP contribution in [0.2, 0.25) is 0 Å². The molecule has 1 aliphatic heterocycles. The maximum atomic E-state index is 6.26. The molecule has 1 fully saturated rings. The van der Waals surface area contributed by atoms with E-state index in [1.54, 1.807) is 17.8 Å². The summed E-state index contributed by atoms with van der Waals surface area (Å²) >= 11 is 13.7. The van der Waals surface area contributed by atoms with Crippen molar-refractivity contribution in [2.24, 2.45) is 0 Å². The number of likely N-dealkylation sites (tertiary alicyclic amines) is 1. The third-order valence-corrected chi connectivity index (χ3v) is 6.69. The molecule has 0 spiro atoms. The van der Waals surface area contributed by atoms with Gasteiger partial charge in [-0.2, -0.15) is 11.8 Å². The molecule has 1 saturated heterocycles. The van der Waals surface area contributed by atoms with Gasteiger partial charge in [0.25, 0.3) is 0 Å². The summed E-state index contributed by atoms with van der Waals surface area (Å²) < 4.78 is 0. The molecule has 1 aromatic carbocycles. The number of piperidine rings is 1. The minimum absolute atomic E-state index is 0.495. The molecule has 2 aromatic rings. The number of halogens is 2. The van der Waals surface area contributed by atoms with E-state index < -0.39 is 0 Å². The van der Waals surface area contributed by atoms with E-state index in [0.717, 1.165) is 29.6 Å². The number of allylic oxidation sites excluding steroid dienone is 4. The molecule has 0 bridgehead atoms. The van der Waals surface area contributed by atoms with Gasteiger partial charge in [-0.05, 0) is 48.2 Å². The van der Waals surface area contributed by atoms with Crippen LogP contribution < -0.4 is 0 Å². The highest BCUT2D eigenvalue weighted by Gasteiger charge is 2.23. The first-order valence-electron chi connectivity index (χ1n) is 10.3. The van der Waals surface area contributed by atoms with Gasteiger partial charge in [-0.25, -0.2) is 0 Å². The van der Waals surface area contributed by atoms with Gasteiger partial charge in [-0.3, -0.25) is 9.88 Å². The Bertz CT molecular complexity index is 880. The number of aromatic nitrogens is 1. The van der Waals surface area contributed by atoms with Crippen molar-refractivity contribution in [3.63, 3.8) is 0 Å². The van der Waals surface area contributed by atoms with Crippen LogP contribution in [0.15, 0.2) is 83.7 Å². The van der Waals surface area contributed by atoms with Crippen LogP contribution >= 0.6 is 35.0 Å². The molecule has 30 heavy (non-hydrogen) atoms. The quantitative estimate of drug-likeness (QED) is 0.362. The number of hydrogen-bond donors (Lipinski definition) is 0. The fourth-order valence-corrected chi connectivity index (χ4v) is 4.91. The van der Waals surface area contributed by atoms with Gasteiger partial charge in [0.1, 0.15) is 0 Å². The summed E-state index contributed by atoms with van der Waals surface area (Å²) in [6, 6.07) is 13.7. The molecule has 2 heterocycles. The highest BCUT2D eigenvalue weighted by atomic mass is 35.5. The van der Waals surface area contributed by atoms with Crippen molar-refractivity contribution in [3.8, 4) is 0 Å². The molecular formula is C25H28Cl2N2S. The van der Waals surface area contributed by atoms with E-state index in [4.69, 9.17) is 23.2 Å². The van der Waals surface area contributed by atoms with Gasteiger partial charge in [0.05, 0.1) is 0 Å². The Morgan fingerprint density at radius 1 is 1.17 bits per heavy atom. The predicted molar refractivity (Wildman–Crippen MR) is 132 cm³/mol. The van der Waals surface area contributed by atoms with Crippen LogP contribution in [0.25, 0.3) is 0 Å². The Labute approximate surface area is 194 Å². The number of benzene rings is 1. The Balaban J connectivity index is 1.56. The summed E-state index contributed by atoms with van der Waals surface area (Å²) in [6.45, 7) is 5.70. The van der Waals surface area contributed by atoms with Crippen LogP contribution in [0.4, 0.5) is 0 Å². The van der Waals surface area contributed by atoms with Gasteiger partial charge >= 0.3 is 0 Å². The molecule has 3 rings (SSSR count). The Morgan fingerprint density at radius 2 is 1.97 bits per heavy atom. The maximum Gasteiger partial charge on any atom is 0.0351 e. The molecule has 0 radical (unpaired) electrons. The van der Waals surface area contributed by atoms with Crippen molar-refractivity contribution in [3.05, 3.63) is 100 Å². The van der Waals surface area contributed by atoms with E-state index in [1.807, 2.05) is 24.5 Å². The minimum Gasteiger partial charge on any atom is -0.292 e. The lowest BCUT2D eigenvalue weighted by Crippen LogP contribution is -2.32. The Morgan fingerprint density at radius 3 is 2.77 bits per heavy atom. The van der Waals surface area contributed by atoms with Crippen LogP contribution in [-0.4, -0.2) is 22.2 Å². The zero-order valence-corrected chi connectivity index (χ0v) is 19.5. The largest absolute Gasteiger partial charge is 0.292 e. The SMILES string of the molecule is C=C(Cl)/C=C\C=C(\Cl)CSCc1cncc(CN2CCCCC2c2ccccc2)c1. The summed E-state index contributed by atoms with van der Waals surface area (Å²) in [7, 11) is 0. The fraction of sp³-hybridized carbons (Fsp3) is 0.320. The van der Waals surface area contributed by atoms with Crippen LogP contribution in [0, 0.1) is 0 Å². The number of nitrogens with zero attached hydrogens (tertiary/aromatic N) is 2. The molecule has 2 nitrogen and oxygen atoms in total. The van der Waals surface area contributed by atoms with Crippen molar-refractivity contribution in [1.29, 1.82) is 0 Å². The van der Waals surface area contributed by atoms with E-state index in [2.05, 4.69) is 52.9 Å². The first-order chi connectivity index (χ1) is 14.6. The van der Waals surface area contributed by atoms with Crippen LogP contribution in [-0.2, 0) is 12.3 Å². The highest BCUT2D eigenvalue weighted by Crippen LogP contribution is 2.32. The molecule has 0 amide bonds. The number of pyridine rings is 1. The van der Waals surface area contributed by atoms with Crippen molar-refractivity contribution >= 4 is 35.0 Å². The summed E-state index contributed by atoms with van der Waals surface area (Å²) in [5, 5.41) is 1.28. The second-order valence-electron chi connectivity index (χ2n) is 7.51. The Kier molecular flexibility index (Phi) is 9.54. The van der Waals surface area contributed by atoms with E-state index >= 15 is 0 Å². The summed E-state index contributed by atoms with van der Waals surface area (Å²) in [5.41, 5.74) is 3.94. The smallest absolute Gasteiger partial charge is 0.0351 e. The number of rotatable bonds is 9. The van der Waals surface area contributed by atoms with Crippen LogP contribution in [0.1, 0.15) is 42.0 Å². The van der Waals surface area contributed by atoms with E-state index in [9.17, 15) is 0 Å². The van der Waals surface area contributed by atoms with Crippen molar-refractivity contribution in [2.45, 2.75) is 37.6 Å². The molecule has 1 aliphatic rings. The third-order valence-electron chi connectivity index (χ3n) is 5.10. The van der Waals surface area contributed by atoms with Crippen LogP contribution in [0.5, 0.6) is 0 Å². The lowest BCUT2D eigenvalue weighted by atomic mass is 9.95. The lowest BCUT2D eigenvalue weighted by Gasteiger charge is -2.36. The number of thioether (sulfide) groups is 1. The average Bonchev–Trinajstić information content (AvgIpc) is 2.75. The maximum absolute atomic E-state index is 6.26. The predicted octanol–water partition coefficient (Wildman–Crippen LogP) is 7.47. The normalized spacial score (nSPS) is 18.1. The van der Waals surface area contributed by atoms with Gasteiger partial charge < -0.3 is 0 Å². The summed E-state index contributed by atoms with van der Waals surface area (Å²) in [4.78, 5) is 7.09. The second-order valence-corrected chi connectivity index (χ2v) is 9.46. The highest BCUT2D eigenvalue weighted by molar-refractivity contribution is 7.98. The first-order valence-corrected chi connectivity index (χ1v) is 12.2. The van der Waals surface area contributed by atoms with Gasteiger partial charge in [0.2, 0.25) is 0 Å². The van der Waals surface area contributed by atoms with Gasteiger partial charge in [0.15, 0.2) is 0 Å². The van der Waals surface area contributed by atoms with Crippen molar-refractivity contribution < 1.29 is 0 Å². The fourth-order valence-electron chi connectivity index (χ4n) is 3.75. The summed E-state index contributed by atoms with van der Waals surface area (Å²) in [5.74, 6) is 1.64. The topological polar surface area (TPSA) is 16.1 Å². The Hall–Kier alpha value is -1.52. The molecule has 0 aliphatic carbocycles. The summed E-state index contributed by atoms with van der Waals surface area (Å²) in [6.07, 6.45) is 13.2. The average molecular weight is 459 g/mol. The molecule has 1 atom stereocenters. The molecule has 158 valence electrons. The zero-order chi connectivity index (χ0) is 21.2. The minimum atomic E-state index is 0.495. The van der Waals surface area contributed by atoms with Gasteiger partial charge in [0, 0.05) is 46.6 Å². The molecule has 1 unspecified atom stereocenters. The first kappa shape index (κ1) is 23.1. The molecule has 5 heteroatoms. The standard InChI is InChI=1S/C25H28Cl2N2S/c1-20(26)8-7-11-24(27)19-30-18-22-14-21(15-28-16-22)17-29-13-6-5-12-25(29)23-9-3-2-4-10-23/h2-4,7-11,14-16,25H,1,5-6,12-13,17-19H2/b8-7-,24-11+. The van der Waals surface area contributed by atoms with Gasteiger partial charge in [-0.15, -0.1) is 0 Å². The second kappa shape index (κ2) is 12.4. The monoisotopic (exact) mass is 458 g/mol. The third kappa shape index (κ3) is 7.63. The van der Waals surface area contributed by atoms with Crippen molar-refractivity contribution in [2.75, 3.05) is 12.3 Å². The molecule has 1 aromatic heterocycles. The molecule has 0 N–H and O–H groups in total. The van der Waals surface area contributed by atoms with E-state index in [-0.39, 0.29) is 0 Å². The zero-order valence-electron chi connectivity index (χ0n) is 17.1. The number of hydrogen-bond acceptors (Lipinski definition) is 3. The lowest BCUT2D eigenvalue weighted by molar-refractivity contribution is 0.140. The van der Waals surface area contributed by atoms with Crippen molar-refractivity contribution in [1.82, 2.24) is 9.88 Å². The van der Waals surface area contributed by atoms with Gasteiger partial charge in [-0.1, -0.05) is 78.7 Å². The van der Waals surface area contributed by atoms with E-state index in [1.165, 1.54) is 36.0 Å². The van der Waals surface area contributed by atoms with E-state index in [0.29, 0.717) is 11.1 Å². The molecule has 0 saturated carbocycles.